The SMILES string of the molecule is CCc1c(O)cccc1Br. The molecule has 1 nitrogen and oxygen atoms in total. The van der Waals surface area contributed by atoms with Gasteiger partial charge in [-0.05, 0) is 18.6 Å². The van der Waals surface area contributed by atoms with Crippen molar-refractivity contribution in [3.63, 3.8) is 0 Å². The molecule has 0 saturated heterocycles. The summed E-state index contributed by atoms with van der Waals surface area (Å²) in [6.45, 7) is 2.01. The number of rotatable bonds is 1. The third-order valence-corrected chi connectivity index (χ3v) is 2.19. The van der Waals surface area contributed by atoms with Gasteiger partial charge in [0, 0.05) is 10.0 Å². The highest BCUT2D eigenvalue weighted by Gasteiger charge is 2.00. The molecule has 0 heterocycles. The lowest BCUT2D eigenvalue weighted by Gasteiger charge is -2.01. The second-order valence-electron chi connectivity index (χ2n) is 2.09. The zero-order valence-corrected chi connectivity index (χ0v) is 7.35. The molecule has 1 rings (SSSR count). The average Bonchev–Trinajstić information content (AvgIpc) is 1.88. The molecule has 0 bridgehead atoms. The molecule has 0 aromatic heterocycles. The summed E-state index contributed by atoms with van der Waals surface area (Å²) >= 11 is 3.35. The summed E-state index contributed by atoms with van der Waals surface area (Å²) in [6, 6.07) is 5.45. The molecular formula is C8H9BrO. The normalized spacial score (nSPS) is 9.80. The summed E-state index contributed by atoms with van der Waals surface area (Å²) in [5, 5.41) is 9.26. The number of halogens is 1. The number of hydrogen-bond acceptors (Lipinski definition) is 1. The minimum absolute atomic E-state index is 0.372. The molecule has 0 spiro atoms. The monoisotopic (exact) mass is 200 g/mol. The molecule has 1 aromatic carbocycles. The molecule has 0 radical (unpaired) electrons. The van der Waals surface area contributed by atoms with Crippen LogP contribution in [0.3, 0.4) is 0 Å². The lowest BCUT2D eigenvalue weighted by molar-refractivity contribution is 0.468. The van der Waals surface area contributed by atoms with Crippen LogP contribution >= 0.6 is 15.9 Å². The highest BCUT2D eigenvalue weighted by Crippen LogP contribution is 2.25. The third kappa shape index (κ3) is 1.32. The highest BCUT2D eigenvalue weighted by atomic mass is 79.9. The maximum absolute atomic E-state index is 9.26. The van der Waals surface area contributed by atoms with Crippen molar-refractivity contribution in [2.45, 2.75) is 13.3 Å². The summed E-state index contributed by atoms with van der Waals surface area (Å²) in [7, 11) is 0. The van der Waals surface area contributed by atoms with Crippen molar-refractivity contribution in [3.05, 3.63) is 28.2 Å². The van der Waals surface area contributed by atoms with E-state index in [0.29, 0.717) is 5.75 Å². The van der Waals surface area contributed by atoms with Crippen molar-refractivity contribution in [3.8, 4) is 5.75 Å². The fourth-order valence-electron chi connectivity index (χ4n) is 0.897. The topological polar surface area (TPSA) is 20.2 Å². The van der Waals surface area contributed by atoms with E-state index in [2.05, 4.69) is 15.9 Å². The van der Waals surface area contributed by atoms with E-state index in [4.69, 9.17) is 0 Å². The third-order valence-electron chi connectivity index (χ3n) is 1.45. The first-order valence-corrected chi connectivity index (χ1v) is 4.01. The molecule has 0 saturated carbocycles. The number of phenols is 1. The van der Waals surface area contributed by atoms with Gasteiger partial charge in [-0.3, -0.25) is 0 Å². The Bertz CT molecular complexity index is 212. The zero-order valence-electron chi connectivity index (χ0n) is 5.76. The molecule has 54 valence electrons. The van der Waals surface area contributed by atoms with Gasteiger partial charge in [-0.1, -0.05) is 28.9 Å². The summed E-state index contributed by atoms with van der Waals surface area (Å²) < 4.78 is 0.981. The van der Waals surface area contributed by atoms with E-state index in [1.807, 2.05) is 19.1 Å². The molecule has 0 atom stereocenters. The Morgan fingerprint density at radius 3 is 2.60 bits per heavy atom. The molecule has 0 aliphatic rings. The average molecular weight is 201 g/mol. The van der Waals surface area contributed by atoms with Gasteiger partial charge in [-0.15, -0.1) is 0 Å². The highest BCUT2D eigenvalue weighted by molar-refractivity contribution is 9.10. The van der Waals surface area contributed by atoms with Crippen LogP contribution in [0.15, 0.2) is 22.7 Å². The Kier molecular flexibility index (Phi) is 2.33. The fourth-order valence-corrected chi connectivity index (χ4v) is 1.53. The van der Waals surface area contributed by atoms with Crippen molar-refractivity contribution >= 4 is 15.9 Å². The molecule has 0 aliphatic carbocycles. The lowest BCUT2D eigenvalue weighted by Crippen LogP contribution is -1.81. The first-order chi connectivity index (χ1) is 4.75. The molecule has 10 heavy (non-hydrogen) atoms. The number of aromatic hydroxyl groups is 1. The predicted molar refractivity (Wildman–Crippen MR) is 45.2 cm³/mol. The molecular weight excluding hydrogens is 192 g/mol. The van der Waals surface area contributed by atoms with Crippen molar-refractivity contribution in [1.82, 2.24) is 0 Å². The second kappa shape index (κ2) is 3.06. The minimum Gasteiger partial charge on any atom is -0.508 e. The molecule has 0 fully saturated rings. The molecule has 0 aliphatic heterocycles. The van der Waals surface area contributed by atoms with E-state index in [9.17, 15) is 5.11 Å². The van der Waals surface area contributed by atoms with Crippen LogP contribution < -0.4 is 0 Å². The number of phenolic OH excluding ortho intramolecular Hbond substituents is 1. The fraction of sp³-hybridized carbons (Fsp3) is 0.250. The second-order valence-corrected chi connectivity index (χ2v) is 2.95. The summed E-state index contributed by atoms with van der Waals surface area (Å²) in [4.78, 5) is 0. The van der Waals surface area contributed by atoms with Crippen LogP contribution in [0.2, 0.25) is 0 Å². The van der Waals surface area contributed by atoms with Crippen LogP contribution in [-0.2, 0) is 6.42 Å². The minimum atomic E-state index is 0.372. The Morgan fingerprint density at radius 2 is 2.20 bits per heavy atom. The predicted octanol–water partition coefficient (Wildman–Crippen LogP) is 2.72. The van der Waals surface area contributed by atoms with Crippen molar-refractivity contribution < 1.29 is 5.11 Å². The lowest BCUT2D eigenvalue weighted by atomic mass is 10.1. The van der Waals surface area contributed by atoms with E-state index in [0.717, 1.165) is 16.5 Å². The van der Waals surface area contributed by atoms with E-state index in [1.165, 1.54) is 0 Å². The van der Waals surface area contributed by atoms with Gasteiger partial charge >= 0.3 is 0 Å². The molecule has 1 aromatic rings. The maximum Gasteiger partial charge on any atom is 0.119 e. The van der Waals surface area contributed by atoms with Gasteiger partial charge in [-0.25, -0.2) is 0 Å². The largest absolute Gasteiger partial charge is 0.508 e. The molecule has 0 amide bonds. The molecule has 1 N–H and O–H groups in total. The Hall–Kier alpha value is -0.500. The molecule has 0 unspecified atom stereocenters. The van der Waals surface area contributed by atoms with Crippen LogP contribution in [0.1, 0.15) is 12.5 Å². The van der Waals surface area contributed by atoms with Crippen LogP contribution in [0.5, 0.6) is 5.75 Å². The van der Waals surface area contributed by atoms with E-state index >= 15 is 0 Å². The first kappa shape index (κ1) is 7.61. The Morgan fingerprint density at radius 1 is 1.50 bits per heavy atom. The first-order valence-electron chi connectivity index (χ1n) is 3.22. The van der Waals surface area contributed by atoms with Gasteiger partial charge in [0.1, 0.15) is 5.75 Å². The quantitative estimate of drug-likeness (QED) is 0.740. The van der Waals surface area contributed by atoms with Crippen LogP contribution in [0.25, 0.3) is 0 Å². The van der Waals surface area contributed by atoms with Gasteiger partial charge in [0.15, 0.2) is 0 Å². The Labute approximate surface area is 68.8 Å². The van der Waals surface area contributed by atoms with Gasteiger partial charge in [-0.2, -0.15) is 0 Å². The standard InChI is InChI=1S/C8H9BrO/c1-2-6-7(9)4-3-5-8(6)10/h3-5,10H,2H2,1H3. The van der Waals surface area contributed by atoms with Crippen molar-refractivity contribution in [2.75, 3.05) is 0 Å². The van der Waals surface area contributed by atoms with Gasteiger partial charge in [0.25, 0.3) is 0 Å². The molecule has 2 heteroatoms. The van der Waals surface area contributed by atoms with Crippen molar-refractivity contribution in [2.24, 2.45) is 0 Å². The maximum atomic E-state index is 9.26. The van der Waals surface area contributed by atoms with E-state index in [1.54, 1.807) is 6.07 Å². The number of hydrogen-bond donors (Lipinski definition) is 1. The van der Waals surface area contributed by atoms with Gasteiger partial charge in [0.2, 0.25) is 0 Å². The smallest absolute Gasteiger partial charge is 0.119 e. The summed E-state index contributed by atoms with van der Waals surface area (Å²) in [6.07, 6.45) is 0.854. The number of benzene rings is 1. The van der Waals surface area contributed by atoms with E-state index < -0.39 is 0 Å². The Balaban J connectivity index is 3.17. The van der Waals surface area contributed by atoms with Gasteiger partial charge < -0.3 is 5.11 Å². The van der Waals surface area contributed by atoms with Gasteiger partial charge in [0.05, 0.1) is 0 Å². The summed E-state index contributed by atoms with van der Waals surface area (Å²) in [5.74, 6) is 0.372. The van der Waals surface area contributed by atoms with Crippen molar-refractivity contribution in [1.29, 1.82) is 0 Å². The van der Waals surface area contributed by atoms with E-state index in [-0.39, 0.29) is 0 Å². The van der Waals surface area contributed by atoms with Crippen LogP contribution in [0, 0.1) is 0 Å². The zero-order chi connectivity index (χ0) is 7.56. The van der Waals surface area contributed by atoms with Crippen LogP contribution in [-0.4, -0.2) is 5.11 Å². The summed E-state index contributed by atoms with van der Waals surface area (Å²) in [5.41, 5.74) is 0.975. The van der Waals surface area contributed by atoms with Crippen LogP contribution in [0.4, 0.5) is 0 Å².